The molecule has 0 unspecified atom stereocenters. The molecular weight excluding hydrogens is 882 g/mol. The van der Waals surface area contributed by atoms with Crippen LogP contribution in [0.2, 0.25) is 0 Å². The lowest BCUT2D eigenvalue weighted by Gasteiger charge is -2.46. The number of para-hydroxylation sites is 2. The molecular formula is C69H52BN3. The van der Waals surface area contributed by atoms with E-state index in [-0.39, 0.29) is 6.85 Å². The predicted octanol–water partition coefficient (Wildman–Crippen LogP) is 17.5. The standard InChI is InChI=1S/C69H52BN3/c1-47-32-33-55(52-26-13-6-14-27-52)44-65(47)72-64-41-36-54(51-24-11-5-12-25-51)43-63(64)70-69-62(42-56(45-67(69)72)68-48(2)20-19-21-49(68)3)61-40-39-60(71(57-28-15-7-16-29-57)58-30-17-8-18-31-58)46-66(61)73(70)59-37-34-53(35-38-59)50-22-9-4-10-23-50/h4-46H,1-3H3. The molecule has 13 rings (SSSR count). The van der Waals surface area contributed by atoms with Crippen molar-refractivity contribution in [3.63, 3.8) is 0 Å². The molecule has 0 saturated heterocycles. The van der Waals surface area contributed by atoms with E-state index >= 15 is 0 Å². The van der Waals surface area contributed by atoms with Crippen molar-refractivity contribution in [2.24, 2.45) is 0 Å². The predicted molar refractivity (Wildman–Crippen MR) is 311 cm³/mol. The van der Waals surface area contributed by atoms with Gasteiger partial charge in [0.05, 0.1) is 0 Å². The van der Waals surface area contributed by atoms with Crippen LogP contribution in [0, 0.1) is 20.8 Å². The van der Waals surface area contributed by atoms with Crippen molar-refractivity contribution < 1.29 is 0 Å². The topological polar surface area (TPSA) is 9.72 Å². The third-order valence-electron chi connectivity index (χ3n) is 15.0. The normalized spacial score (nSPS) is 12.2. The first kappa shape index (κ1) is 43.9. The van der Waals surface area contributed by atoms with Gasteiger partial charge in [0.25, 0.3) is 0 Å². The summed E-state index contributed by atoms with van der Waals surface area (Å²) in [7, 11) is 0. The Morgan fingerprint density at radius 2 is 0.822 bits per heavy atom. The molecule has 0 fully saturated rings. The van der Waals surface area contributed by atoms with Crippen molar-refractivity contribution in [3.05, 3.63) is 278 Å². The van der Waals surface area contributed by atoms with Gasteiger partial charge in [0.2, 0.25) is 0 Å². The number of fused-ring (bicyclic) bond motifs is 4. The summed E-state index contributed by atoms with van der Waals surface area (Å²) in [6.07, 6.45) is 0. The summed E-state index contributed by atoms with van der Waals surface area (Å²) in [4.78, 5) is 7.61. The number of hydrogen-bond acceptors (Lipinski definition) is 3. The Hall–Kier alpha value is -9.12. The van der Waals surface area contributed by atoms with E-state index in [0.29, 0.717) is 0 Å². The maximum Gasteiger partial charge on any atom is 0.333 e. The van der Waals surface area contributed by atoms with Crippen LogP contribution in [0.3, 0.4) is 0 Å². The Bertz CT molecular complexity index is 3760. The van der Waals surface area contributed by atoms with Crippen LogP contribution in [-0.2, 0) is 0 Å². The summed E-state index contributed by atoms with van der Waals surface area (Å²) in [6, 6.07) is 96.1. The quantitative estimate of drug-likeness (QED) is 0.134. The van der Waals surface area contributed by atoms with E-state index in [0.717, 1.165) is 39.8 Å². The third-order valence-corrected chi connectivity index (χ3v) is 15.0. The van der Waals surface area contributed by atoms with Gasteiger partial charge in [0, 0.05) is 51.1 Å². The third kappa shape index (κ3) is 7.71. The van der Waals surface area contributed by atoms with Crippen molar-refractivity contribution in [1.82, 2.24) is 0 Å². The van der Waals surface area contributed by atoms with E-state index in [4.69, 9.17) is 0 Å². The SMILES string of the molecule is Cc1ccc(-c2ccccc2)cc1N1c2ccc(-c3ccccc3)cc2B2c3c(cc(-c4c(C)cccc4C)cc31)-c1ccc(N(c3ccccc3)c3ccccc3)cc1N2c1ccc(-c2ccccc2)cc1. The second-order valence-corrected chi connectivity index (χ2v) is 19.5. The Balaban J connectivity index is 1.14. The van der Waals surface area contributed by atoms with Crippen molar-refractivity contribution in [2.75, 3.05) is 14.6 Å². The van der Waals surface area contributed by atoms with Gasteiger partial charge in [0.15, 0.2) is 0 Å². The summed E-state index contributed by atoms with van der Waals surface area (Å²) < 4.78 is 0. The molecule has 0 aromatic heterocycles. The maximum absolute atomic E-state index is 2.64. The Morgan fingerprint density at radius 3 is 1.42 bits per heavy atom. The van der Waals surface area contributed by atoms with Crippen LogP contribution in [0.4, 0.5) is 45.5 Å². The van der Waals surface area contributed by atoms with E-state index in [9.17, 15) is 0 Å². The van der Waals surface area contributed by atoms with Gasteiger partial charge >= 0.3 is 6.85 Å². The van der Waals surface area contributed by atoms with Crippen molar-refractivity contribution in [3.8, 4) is 55.6 Å². The highest BCUT2D eigenvalue weighted by Gasteiger charge is 2.46. The second kappa shape index (κ2) is 18.2. The second-order valence-electron chi connectivity index (χ2n) is 19.5. The minimum absolute atomic E-state index is 0.211. The molecule has 346 valence electrons. The van der Waals surface area contributed by atoms with Gasteiger partial charge in [-0.1, -0.05) is 188 Å². The minimum Gasteiger partial charge on any atom is -0.376 e. The molecule has 11 aromatic rings. The minimum atomic E-state index is -0.211. The first-order valence-electron chi connectivity index (χ1n) is 25.4. The summed E-state index contributed by atoms with van der Waals surface area (Å²) in [6.45, 7) is 6.56. The number of aryl methyl sites for hydroxylation is 3. The van der Waals surface area contributed by atoms with E-state index in [2.05, 4.69) is 296 Å². The average Bonchev–Trinajstić information content (AvgIpc) is 3.44. The Morgan fingerprint density at radius 1 is 0.315 bits per heavy atom. The molecule has 0 radical (unpaired) electrons. The average molecular weight is 934 g/mol. The first-order valence-corrected chi connectivity index (χ1v) is 25.4. The number of rotatable bonds is 9. The zero-order chi connectivity index (χ0) is 49.0. The van der Waals surface area contributed by atoms with Crippen LogP contribution < -0.4 is 25.5 Å². The molecule has 0 bridgehead atoms. The van der Waals surface area contributed by atoms with Gasteiger partial charge in [-0.25, -0.2) is 0 Å². The fraction of sp³-hybridized carbons (Fsp3) is 0.0435. The fourth-order valence-electron chi connectivity index (χ4n) is 11.6. The summed E-state index contributed by atoms with van der Waals surface area (Å²) >= 11 is 0. The molecule has 2 aliphatic heterocycles. The molecule has 0 atom stereocenters. The van der Waals surface area contributed by atoms with Crippen LogP contribution in [0.5, 0.6) is 0 Å². The number of nitrogens with zero attached hydrogens (tertiary/aromatic N) is 3. The zero-order valence-electron chi connectivity index (χ0n) is 41.2. The van der Waals surface area contributed by atoms with Crippen LogP contribution in [0.25, 0.3) is 55.6 Å². The summed E-state index contributed by atoms with van der Waals surface area (Å²) in [5.74, 6) is 0. The molecule has 0 spiro atoms. The smallest absolute Gasteiger partial charge is 0.333 e. The van der Waals surface area contributed by atoms with Crippen molar-refractivity contribution >= 4 is 63.3 Å². The van der Waals surface area contributed by atoms with Crippen molar-refractivity contribution in [2.45, 2.75) is 20.8 Å². The highest BCUT2D eigenvalue weighted by molar-refractivity contribution is 6.93. The number of benzene rings is 11. The van der Waals surface area contributed by atoms with Gasteiger partial charge in [0.1, 0.15) is 0 Å². The first-order chi connectivity index (χ1) is 36.0. The van der Waals surface area contributed by atoms with Gasteiger partial charge in [-0.3, -0.25) is 0 Å². The molecule has 11 aromatic carbocycles. The zero-order valence-corrected chi connectivity index (χ0v) is 41.2. The lowest BCUT2D eigenvalue weighted by atomic mass is 9.43. The Kier molecular flexibility index (Phi) is 11.0. The van der Waals surface area contributed by atoms with Gasteiger partial charge in [-0.15, -0.1) is 0 Å². The monoisotopic (exact) mass is 933 g/mol. The lowest BCUT2D eigenvalue weighted by molar-refractivity contribution is 1.24. The lowest BCUT2D eigenvalue weighted by Crippen LogP contribution is -2.61. The van der Waals surface area contributed by atoms with Gasteiger partial charge in [-0.2, -0.15) is 0 Å². The van der Waals surface area contributed by atoms with Crippen LogP contribution >= 0.6 is 0 Å². The largest absolute Gasteiger partial charge is 0.376 e. The molecule has 2 heterocycles. The summed E-state index contributed by atoms with van der Waals surface area (Å²) in [5.41, 5.74) is 27.4. The Labute approximate surface area is 429 Å². The number of hydrogen-bond donors (Lipinski definition) is 0. The highest BCUT2D eigenvalue weighted by Crippen LogP contribution is 2.51. The molecule has 0 N–H and O–H groups in total. The maximum atomic E-state index is 2.64. The van der Waals surface area contributed by atoms with Crippen LogP contribution in [0.1, 0.15) is 16.7 Å². The highest BCUT2D eigenvalue weighted by atomic mass is 15.2. The van der Waals surface area contributed by atoms with E-state index < -0.39 is 0 Å². The van der Waals surface area contributed by atoms with Crippen LogP contribution in [-0.4, -0.2) is 6.85 Å². The van der Waals surface area contributed by atoms with Crippen molar-refractivity contribution in [1.29, 1.82) is 0 Å². The molecule has 3 nitrogen and oxygen atoms in total. The summed E-state index contributed by atoms with van der Waals surface area (Å²) in [5, 5.41) is 0. The van der Waals surface area contributed by atoms with E-state index in [1.54, 1.807) is 0 Å². The molecule has 0 amide bonds. The fourth-order valence-corrected chi connectivity index (χ4v) is 11.6. The number of anilines is 8. The molecule has 2 aliphatic rings. The van der Waals surface area contributed by atoms with E-state index in [1.807, 2.05) is 0 Å². The van der Waals surface area contributed by atoms with E-state index in [1.165, 1.54) is 88.9 Å². The van der Waals surface area contributed by atoms with Gasteiger partial charge < -0.3 is 14.6 Å². The molecule has 73 heavy (non-hydrogen) atoms. The van der Waals surface area contributed by atoms with Crippen LogP contribution in [0.15, 0.2) is 261 Å². The van der Waals surface area contributed by atoms with Gasteiger partial charge in [-0.05, 0) is 171 Å². The molecule has 4 heteroatoms. The molecule has 0 aliphatic carbocycles. The molecule has 0 saturated carbocycles.